The Morgan fingerprint density at radius 3 is 2.95 bits per heavy atom. The Morgan fingerprint density at radius 2 is 2.25 bits per heavy atom. The molecule has 1 amide bonds. The van der Waals surface area contributed by atoms with Gasteiger partial charge in [0.15, 0.2) is 0 Å². The minimum absolute atomic E-state index is 0.0670. The van der Waals surface area contributed by atoms with Gasteiger partial charge >= 0.3 is 5.97 Å². The van der Waals surface area contributed by atoms with Gasteiger partial charge in [0, 0.05) is 24.0 Å². The van der Waals surface area contributed by atoms with E-state index in [2.05, 4.69) is 5.32 Å². The van der Waals surface area contributed by atoms with E-state index in [1.165, 1.54) is 17.4 Å². The van der Waals surface area contributed by atoms with Crippen molar-refractivity contribution in [1.29, 1.82) is 0 Å². The molecule has 1 rings (SSSR count). The minimum atomic E-state index is -0.987. The molecule has 0 saturated carbocycles. The Bertz CT molecular complexity index is 467. The second kappa shape index (κ2) is 9.28. The van der Waals surface area contributed by atoms with Gasteiger partial charge in [-0.15, -0.1) is 11.3 Å². The largest absolute Gasteiger partial charge is 0.478 e. The molecule has 0 aliphatic rings. The van der Waals surface area contributed by atoms with Crippen molar-refractivity contribution in [1.82, 2.24) is 5.32 Å². The van der Waals surface area contributed by atoms with Crippen LogP contribution < -0.4 is 5.32 Å². The standard InChI is InChI=1S/C14H19NO4S/c1-2-7-19-8-5-13(16)15-10-12-11(6-9-20-12)3-4-14(17)18/h3-4,6,9H,2,5,7-8,10H2,1H3,(H,15,16)(H,17,18)/b4-3+. The van der Waals surface area contributed by atoms with E-state index in [0.717, 1.165) is 22.9 Å². The maximum atomic E-state index is 11.6. The first-order valence-corrected chi connectivity index (χ1v) is 7.33. The van der Waals surface area contributed by atoms with Gasteiger partial charge in [0.05, 0.1) is 13.2 Å². The van der Waals surface area contributed by atoms with Crippen molar-refractivity contribution < 1.29 is 19.4 Å². The number of hydrogen-bond donors (Lipinski definition) is 2. The van der Waals surface area contributed by atoms with Crippen LogP contribution in [0.15, 0.2) is 17.5 Å². The Hall–Kier alpha value is -1.66. The molecule has 110 valence electrons. The van der Waals surface area contributed by atoms with Gasteiger partial charge in [0.1, 0.15) is 0 Å². The molecule has 0 atom stereocenters. The zero-order chi connectivity index (χ0) is 14.8. The van der Waals surface area contributed by atoms with E-state index >= 15 is 0 Å². The fourth-order valence-corrected chi connectivity index (χ4v) is 2.29. The highest BCUT2D eigenvalue weighted by Crippen LogP contribution is 2.18. The van der Waals surface area contributed by atoms with Gasteiger partial charge < -0.3 is 15.2 Å². The Kier molecular flexibility index (Phi) is 7.60. The van der Waals surface area contributed by atoms with Gasteiger partial charge in [-0.2, -0.15) is 0 Å². The van der Waals surface area contributed by atoms with E-state index in [-0.39, 0.29) is 5.91 Å². The number of hydrogen-bond acceptors (Lipinski definition) is 4. The zero-order valence-corrected chi connectivity index (χ0v) is 12.2. The van der Waals surface area contributed by atoms with Crippen molar-refractivity contribution in [3.05, 3.63) is 28.0 Å². The molecule has 0 aliphatic carbocycles. The average Bonchev–Trinajstić information content (AvgIpc) is 2.86. The highest BCUT2D eigenvalue weighted by Gasteiger charge is 2.05. The van der Waals surface area contributed by atoms with Crippen molar-refractivity contribution in [2.24, 2.45) is 0 Å². The first kappa shape index (κ1) is 16.4. The molecular formula is C14H19NO4S. The van der Waals surface area contributed by atoms with Gasteiger partial charge in [-0.3, -0.25) is 4.79 Å². The molecule has 0 radical (unpaired) electrons. The number of aliphatic carboxylic acids is 1. The number of carbonyl (C=O) groups is 2. The monoisotopic (exact) mass is 297 g/mol. The van der Waals surface area contributed by atoms with Crippen LogP contribution in [-0.4, -0.2) is 30.2 Å². The molecule has 5 nitrogen and oxygen atoms in total. The summed E-state index contributed by atoms with van der Waals surface area (Å²) in [6, 6.07) is 1.83. The highest BCUT2D eigenvalue weighted by molar-refractivity contribution is 7.10. The Labute approximate surface area is 122 Å². The van der Waals surface area contributed by atoms with E-state index in [1.807, 2.05) is 18.4 Å². The molecule has 1 aromatic heterocycles. The fraction of sp³-hybridized carbons (Fsp3) is 0.429. The van der Waals surface area contributed by atoms with Crippen LogP contribution in [0.1, 0.15) is 30.2 Å². The smallest absolute Gasteiger partial charge is 0.328 e. The maximum absolute atomic E-state index is 11.6. The molecule has 1 heterocycles. The van der Waals surface area contributed by atoms with Crippen molar-refractivity contribution in [2.45, 2.75) is 26.3 Å². The first-order valence-electron chi connectivity index (χ1n) is 6.45. The molecule has 2 N–H and O–H groups in total. The maximum Gasteiger partial charge on any atom is 0.328 e. The molecule has 0 saturated heterocycles. The SMILES string of the molecule is CCCOCCC(=O)NCc1sccc1/C=C/C(=O)O. The summed E-state index contributed by atoms with van der Waals surface area (Å²) >= 11 is 1.49. The van der Waals surface area contributed by atoms with Crippen LogP contribution in [0.3, 0.4) is 0 Å². The second-order valence-corrected chi connectivity index (χ2v) is 5.11. The summed E-state index contributed by atoms with van der Waals surface area (Å²) in [7, 11) is 0. The number of rotatable bonds is 9. The predicted molar refractivity (Wildman–Crippen MR) is 78.6 cm³/mol. The fourth-order valence-electron chi connectivity index (χ4n) is 1.48. The molecule has 0 aromatic carbocycles. The van der Waals surface area contributed by atoms with E-state index in [0.29, 0.717) is 26.2 Å². The lowest BCUT2D eigenvalue weighted by atomic mass is 10.2. The van der Waals surface area contributed by atoms with Crippen LogP contribution >= 0.6 is 11.3 Å². The lowest BCUT2D eigenvalue weighted by Gasteiger charge is -2.05. The number of nitrogens with one attached hydrogen (secondary N) is 1. The third-order valence-corrected chi connectivity index (χ3v) is 3.39. The second-order valence-electron chi connectivity index (χ2n) is 4.11. The normalized spacial score (nSPS) is 10.8. The number of amides is 1. The summed E-state index contributed by atoms with van der Waals surface area (Å²) in [4.78, 5) is 23.0. The van der Waals surface area contributed by atoms with E-state index in [4.69, 9.17) is 9.84 Å². The molecule has 0 spiro atoms. The summed E-state index contributed by atoms with van der Waals surface area (Å²) in [5, 5.41) is 13.3. The van der Waals surface area contributed by atoms with Gasteiger partial charge in [-0.1, -0.05) is 6.92 Å². The molecule has 6 heteroatoms. The number of carbonyl (C=O) groups excluding carboxylic acids is 1. The number of thiophene rings is 1. The summed E-state index contributed by atoms with van der Waals surface area (Å²) < 4.78 is 5.24. The van der Waals surface area contributed by atoms with Crippen LogP contribution in [0.4, 0.5) is 0 Å². The molecule has 0 fully saturated rings. The minimum Gasteiger partial charge on any atom is -0.478 e. The number of ether oxygens (including phenoxy) is 1. The lowest BCUT2D eigenvalue weighted by molar-refractivity contribution is -0.131. The third kappa shape index (κ3) is 6.49. The molecular weight excluding hydrogens is 278 g/mol. The Balaban J connectivity index is 2.36. The summed E-state index contributed by atoms with van der Waals surface area (Å²) in [6.07, 6.45) is 3.90. The van der Waals surface area contributed by atoms with Crippen LogP contribution in [0, 0.1) is 0 Å². The van der Waals surface area contributed by atoms with Crippen molar-refractivity contribution in [2.75, 3.05) is 13.2 Å². The molecule has 20 heavy (non-hydrogen) atoms. The molecule has 0 unspecified atom stereocenters. The van der Waals surface area contributed by atoms with Gasteiger partial charge in [-0.25, -0.2) is 4.79 Å². The summed E-state index contributed by atoms with van der Waals surface area (Å²) in [6.45, 7) is 3.52. The van der Waals surface area contributed by atoms with Crippen molar-refractivity contribution >= 4 is 29.3 Å². The Morgan fingerprint density at radius 1 is 1.45 bits per heavy atom. The summed E-state index contributed by atoms with van der Waals surface area (Å²) in [5.74, 6) is -1.05. The third-order valence-electron chi connectivity index (χ3n) is 2.45. The summed E-state index contributed by atoms with van der Waals surface area (Å²) in [5.41, 5.74) is 0.819. The molecule has 0 bridgehead atoms. The topological polar surface area (TPSA) is 75.6 Å². The van der Waals surface area contributed by atoms with Gasteiger partial charge in [0.25, 0.3) is 0 Å². The molecule has 0 aliphatic heterocycles. The van der Waals surface area contributed by atoms with Crippen LogP contribution in [-0.2, 0) is 20.9 Å². The van der Waals surface area contributed by atoms with Gasteiger partial charge in [0.2, 0.25) is 5.91 Å². The van der Waals surface area contributed by atoms with E-state index < -0.39 is 5.97 Å². The highest BCUT2D eigenvalue weighted by atomic mass is 32.1. The predicted octanol–water partition coefficient (Wildman–Crippen LogP) is 2.28. The van der Waals surface area contributed by atoms with Crippen molar-refractivity contribution in [3.63, 3.8) is 0 Å². The van der Waals surface area contributed by atoms with E-state index in [1.54, 1.807) is 0 Å². The average molecular weight is 297 g/mol. The van der Waals surface area contributed by atoms with E-state index in [9.17, 15) is 9.59 Å². The zero-order valence-electron chi connectivity index (χ0n) is 11.4. The molecule has 1 aromatic rings. The van der Waals surface area contributed by atoms with Crippen LogP contribution in [0.2, 0.25) is 0 Å². The van der Waals surface area contributed by atoms with Crippen LogP contribution in [0.5, 0.6) is 0 Å². The number of carboxylic acid groups (broad SMARTS) is 1. The van der Waals surface area contributed by atoms with Crippen molar-refractivity contribution in [3.8, 4) is 0 Å². The van der Waals surface area contributed by atoms with Crippen LogP contribution in [0.25, 0.3) is 6.08 Å². The number of carboxylic acids is 1. The lowest BCUT2D eigenvalue weighted by Crippen LogP contribution is -2.23. The van der Waals surface area contributed by atoms with Gasteiger partial charge in [-0.05, 0) is 29.5 Å². The first-order chi connectivity index (χ1) is 9.63. The quantitative estimate of drug-likeness (QED) is 0.541.